The number of nitrogen functional groups attached to an aromatic ring is 1. The van der Waals surface area contributed by atoms with Gasteiger partial charge in [0.05, 0.1) is 5.69 Å². The number of nitrogens with one attached hydrogen (secondary N) is 1. The molecule has 3 N–H and O–H groups in total. The predicted octanol–water partition coefficient (Wildman–Crippen LogP) is 3.27. The van der Waals surface area contributed by atoms with Crippen LogP contribution in [0.3, 0.4) is 0 Å². The summed E-state index contributed by atoms with van der Waals surface area (Å²) in [5, 5.41) is 3.23. The first-order chi connectivity index (χ1) is 13.2. The third-order valence-electron chi connectivity index (χ3n) is 4.67. The maximum Gasteiger partial charge on any atom is 0.159 e. The van der Waals surface area contributed by atoms with E-state index >= 15 is 0 Å². The van der Waals surface area contributed by atoms with Gasteiger partial charge in [0.2, 0.25) is 0 Å². The summed E-state index contributed by atoms with van der Waals surface area (Å²) in [5.74, 6) is 1.10. The minimum Gasteiger partial charge on any atom is -0.393 e. The van der Waals surface area contributed by atoms with Crippen LogP contribution in [0, 0.1) is 5.82 Å². The van der Waals surface area contributed by atoms with Crippen LogP contribution in [-0.2, 0) is 0 Å². The third kappa shape index (κ3) is 3.62. The van der Waals surface area contributed by atoms with Gasteiger partial charge in [0.25, 0.3) is 0 Å². The molecule has 1 saturated heterocycles. The molecule has 0 amide bonds. The molecule has 0 unspecified atom stereocenters. The maximum atomic E-state index is 14.0. The fourth-order valence-corrected chi connectivity index (χ4v) is 3.26. The summed E-state index contributed by atoms with van der Waals surface area (Å²) in [6.45, 7) is 2.82. The quantitative estimate of drug-likeness (QED) is 0.740. The molecule has 6 nitrogen and oxygen atoms in total. The molecular formula is C20H21FN6. The molecule has 7 heteroatoms. The highest BCUT2D eigenvalue weighted by Crippen LogP contribution is 2.30. The van der Waals surface area contributed by atoms with Gasteiger partial charge in [-0.05, 0) is 24.3 Å². The Morgan fingerprint density at radius 3 is 2.26 bits per heavy atom. The van der Waals surface area contributed by atoms with Crippen molar-refractivity contribution in [2.45, 2.75) is 0 Å². The number of halogens is 1. The zero-order valence-corrected chi connectivity index (χ0v) is 14.8. The average Bonchev–Trinajstić information content (AvgIpc) is 2.71. The fraction of sp³-hybridized carbons (Fsp3) is 0.200. The lowest BCUT2D eigenvalue weighted by molar-refractivity contribution is 0.596. The number of nitrogens with zero attached hydrogens (tertiary/aromatic N) is 4. The Morgan fingerprint density at radius 1 is 0.852 bits per heavy atom. The van der Waals surface area contributed by atoms with Crippen LogP contribution in [0.5, 0.6) is 0 Å². The average molecular weight is 364 g/mol. The lowest BCUT2D eigenvalue weighted by Crippen LogP contribution is -2.47. The predicted molar refractivity (Wildman–Crippen MR) is 107 cm³/mol. The summed E-state index contributed by atoms with van der Waals surface area (Å²) >= 11 is 0. The van der Waals surface area contributed by atoms with Gasteiger partial charge >= 0.3 is 0 Å². The number of aromatic nitrogens is 2. The number of rotatable bonds is 4. The van der Waals surface area contributed by atoms with E-state index in [1.54, 1.807) is 6.07 Å². The summed E-state index contributed by atoms with van der Waals surface area (Å²) in [6.07, 6.45) is 1.51. The topological polar surface area (TPSA) is 70.3 Å². The molecule has 1 aromatic heterocycles. The van der Waals surface area contributed by atoms with Crippen molar-refractivity contribution in [1.82, 2.24) is 9.97 Å². The van der Waals surface area contributed by atoms with Crippen molar-refractivity contribution >= 4 is 28.7 Å². The van der Waals surface area contributed by atoms with E-state index in [9.17, 15) is 4.39 Å². The number of benzene rings is 2. The van der Waals surface area contributed by atoms with Gasteiger partial charge in [0, 0.05) is 31.9 Å². The molecule has 0 radical (unpaired) electrons. The smallest absolute Gasteiger partial charge is 0.159 e. The number of para-hydroxylation sites is 2. The van der Waals surface area contributed by atoms with Gasteiger partial charge in [-0.1, -0.05) is 30.3 Å². The second-order valence-electron chi connectivity index (χ2n) is 6.38. The Hall–Kier alpha value is -3.35. The molecule has 4 rings (SSSR count). The van der Waals surface area contributed by atoms with Crippen LogP contribution in [0.15, 0.2) is 60.9 Å². The number of piperazine rings is 1. The lowest BCUT2D eigenvalue weighted by Gasteiger charge is -2.37. The molecule has 27 heavy (non-hydrogen) atoms. The summed E-state index contributed by atoms with van der Waals surface area (Å²) in [4.78, 5) is 12.8. The highest BCUT2D eigenvalue weighted by Gasteiger charge is 2.22. The van der Waals surface area contributed by atoms with Crippen LogP contribution in [0.1, 0.15) is 0 Å². The van der Waals surface area contributed by atoms with Crippen molar-refractivity contribution < 1.29 is 4.39 Å². The van der Waals surface area contributed by atoms with E-state index in [1.165, 1.54) is 12.4 Å². The molecule has 0 aliphatic carbocycles. The van der Waals surface area contributed by atoms with E-state index < -0.39 is 0 Å². The first kappa shape index (κ1) is 17.1. The van der Waals surface area contributed by atoms with Crippen LogP contribution in [0.4, 0.5) is 33.1 Å². The van der Waals surface area contributed by atoms with E-state index in [-0.39, 0.29) is 5.82 Å². The molecule has 0 bridgehead atoms. The van der Waals surface area contributed by atoms with Crippen LogP contribution < -0.4 is 20.9 Å². The Labute approximate surface area is 157 Å². The van der Waals surface area contributed by atoms with Crippen molar-refractivity contribution in [2.24, 2.45) is 0 Å². The van der Waals surface area contributed by atoms with Crippen LogP contribution in [0.2, 0.25) is 0 Å². The molecule has 138 valence electrons. The minimum atomic E-state index is -0.193. The molecule has 2 heterocycles. The van der Waals surface area contributed by atoms with Crippen LogP contribution in [0.25, 0.3) is 0 Å². The molecular weight excluding hydrogens is 343 g/mol. The summed E-state index contributed by atoms with van der Waals surface area (Å²) in [6, 6.07) is 16.6. The molecule has 2 aromatic carbocycles. The largest absolute Gasteiger partial charge is 0.393 e. The number of anilines is 5. The fourth-order valence-electron chi connectivity index (χ4n) is 3.26. The van der Waals surface area contributed by atoms with Crippen LogP contribution in [-0.4, -0.2) is 36.1 Å². The highest BCUT2D eigenvalue weighted by molar-refractivity contribution is 5.78. The Bertz CT molecular complexity index is 909. The highest BCUT2D eigenvalue weighted by atomic mass is 19.1. The van der Waals surface area contributed by atoms with Crippen molar-refractivity contribution in [2.75, 3.05) is 47.0 Å². The molecule has 0 atom stereocenters. The zero-order chi connectivity index (χ0) is 18.6. The van der Waals surface area contributed by atoms with Gasteiger partial charge in [-0.3, -0.25) is 0 Å². The number of hydrogen-bond donors (Lipinski definition) is 2. The van der Waals surface area contributed by atoms with Crippen molar-refractivity contribution in [1.29, 1.82) is 0 Å². The molecule has 0 spiro atoms. The van der Waals surface area contributed by atoms with Gasteiger partial charge < -0.3 is 20.9 Å². The Balaban J connectivity index is 1.48. The second-order valence-corrected chi connectivity index (χ2v) is 6.38. The first-order valence-corrected chi connectivity index (χ1v) is 8.89. The van der Waals surface area contributed by atoms with E-state index in [1.807, 2.05) is 47.4 Å². The summed E-state index contributed by atoms with van der Waals surface area (Å²) in [5.41, 5.74) is 8.40. The zero-order valence-electron chi connectivity index (χ0n) is 14.8. The maximum absolute atomic E-state index is 14.0. The van der Waals surface area contributed by atoms with E-state index in [0.717, 1.165) is 5.69 Å². The third-order valence-corrected chi connectivity index (χ3v) is 4.67. The normalized spacial score (nSPS) is 14.3. The van der Waals surface area contributed by atoms with Crippen molar-refractivity contribution in [3.63, 3.8) is 0 Å². The van der Waals surface area contributed by atoms with E-state index in [0.29, 0.717) is 49.2 Å². The number of nitrogens with two attached hydrogens (primary N) is 1. The second kappa shape index (κ2) is 7.49. The van der Waals surface area contributed by atoms with Gasteiger partial charge in [-0.2, -0.15) is 0 Å². The standard InChI is InChI=1S/C20H21FN6/c21-16-8-4-5-9-17(16)26-10-12-27(13-11-26)20-18(22)19(23-14-24-20)25-15-6-2-1-3-7-15/h1-9,14H,10-13,22H2,(H,23,24,25). The number of hydrogen-bond acceptors (Lipinski definition) is 6. The summed E-state index contributed by atoms with van der Waals surface area (Å²) < 4.78 is 14.0. The molecule has 1 aliphatic heterocycles. The molecule has 1 aliphatic rings. The van der Waals surface area contributed by atoms with Gasteiger partial charge in [-0.25, -0.2) is 14.4 Å². The monoisotopic (exact) mass is 364 g/mol. The van der Waals surface area contributed by atoms with Crippen molar-refractivity contribution in [3.05, 3.63) is 66.7 Å². The Morgan fingerprint density at radius 2 is 1.52 bits per heavy atom. The SMILES string of the molecule is Nc1c(Nc2ccccc2)ncnc1N1CCN(c2ccccc2F)CC1. The van der Waals surface area contributed by atoms with Gasteiger partial charge in [0.1, 0.15) is 17.8 Å². The Kier molecular flexibility index (Phi) is 4.74. The van der Waals surface area contributed by atoms with Gasteiger partial charge in [0.15, 0.2) is 11.6 Å². The van der Waals surface area contributed by atoms with Gasteiger partial charge in [-0.15, -0.1) is 0 Å². The van der Waals surface area contributed by atoms with E-state index in [2.05, 4.69) is 20.2 Å². The molecule has 3 aromatic rings. The first-order valence-electron chi connectivity index (χ1n) is 8.89. The molecule has 1 fully saturated rings. The summed E-state index contributed by atoms with van der Waals surface area (Å²) in [7, 11) is 0. The molecule has 0 saturated carbocycles. The minimum absolute atomic E-state index is 0.193. The van der Waals surface area contributed by atoms with Crippen LogP contribution >= 0.6 is 0 Å². The van der Waals surface area contributed by atoms with E-state index in [4.69, 9.17) is 5.73 Å². The van der Waals surface area contributed by atoms with Crippen molar-refractivity contribution in [3.8, 4) is 0 Å². The lowest BCUT2D eigenvalue weighted by atomic mass is 10.2.